The SMILES string of the molecule is O=C(c1ccco1)N1CCC(Cn2nc(-c3ccco3)ccc2=O)CC1. The van der Waals surface area contributed by atoms with Crippen molar-refractivity contribution in [3.8, 4) is 11.5 Å². The molecular formula is C19H19N3O4. The molecule has 4 rings (SSSR count). The molecular weight excluding hydrogens is 334 g/mol. The van der Waals surface area contributed by atoms with E-state index in [1.54, 1.807) is 35.4 Å². The van der Waals surface area contributed by atoms with E-state index in [1.165, 1.54) is 17.0 Å². The maximum absolute atomic E-state index is 12.3. The number of carbonyl (C=O) groups is 1. The summed E-state index contributed by atoms with van der Waals surface area (Å²) in [5.74, 6) is 1.22. The van der Waals surface area contributed by atoms with Gasteiger partial charge >= 0.3 is 0 Å². The molecule has 134 valence electrons. The lowest BCUT2D eigenvalue weighted by Gasteiger charge is -2.31. The second kappa shape index (κ2) is 7.03. The van der Waals surface area contributed by atoms with Gasteiger partial charge in [0.2, 0.25) is 0 Å². The highest BCUT2D eigenvalue weighted by Gasteiger charge is 2.25. The van der Waals surface area contributed by atoms with Gasteiger partial charge in [-0.3, -0.25) is 9.59 Å². The van der Waals surface area contributed by atoms with E-state index in [4.69, 9.17) is 8.83 Å². The van der Waals surface area contributed by atoms with Gasteiger partial charge < -0.3 is 13.7 Å². The number of likely N-dealkylation sites (tertiary alicyclic amines) is 1. The van der Waals surface area contributed by atoms with Gasteiger partial charge in [-0.2, -0.15) is 5.10 Å². The van der Waals surface area contributed by atoms with Crippen LogP contribution in [-0.2, 0) is 6.54 Å². The first-order valence-corrected chi connectivity index (χ1v) is 8.65. The van der Waals surface area contributed by atoms with E-state index < -0.39 is 0 Å². The van der Waals surface area contributed by atoms with Gasteiger partial charge in [0.1, 0.15) is 5.69 Å². The normalized spacial score (nSPS) is 15.3. The molecule has 1 fully saturated rings. The Morgan fingerprint density at radius 1 is 1.08 bits per heavy atom. The Bertz CT molecular complexity index is 920. The first kappa shape index (κ1) is 16.4. The van der Waals surface area contributed by atoms with Gasteiger partial charge in [0, 0.05) is 25.7 Å². The molecule has 0 bridgehead atoms. The van der Waals surface area contributed by atoms with E-state index >= 15 is 0 Å². The van der Waals surface area contributed by atoms with Crippen LogP contribution < -0.4 is 5.56 Å². The molecule has 7 heteroatoms. The Hall–Kier alpha value is -3.09. The zero-order valence-electron chi connectivity index (χ0n) is 14.2. The van der Waals surface area contributed by atoms with Gasteiger partial charge in [0.25, 0.3) is 11.5 Å². The summed E-state index contributed by atoms with van der Waals surface area (Å²) in [6.45, 7) is 1.84. The predicted molar refractivity (Wildman–Crippen MR) is 93.5 cm³/mol. The van der Waals surface area contributed by atoms with Gasteiger partial charge in [-0.05, 0) is 49.1 Å². The van der Waals surface area contributed by atoms with Crippen LogP contribution in [0.3, 0.4) is 0 Å². The van der Waals surface area contributed by atoms with Crippen molar-refractivity contribution in [1.82, 2.24) is 14.7 Å². The Labute approximate surface area is 149 Å². The zero-order chi connectivity index (χ0) is 17.9. The average molecular weight is 353 g/mol. The standard InChI is InChI=1S/C19H19N3O4/c23-18-6-5-15(16-3-1-11-25-16)20-22(18)13-14-7-9-21(10-8-14)19(24)17-4-2-12-26-17/h1-6,11-12,14H,7-10,13H2. The molecule has 0 aromatic carbocycles. The molecule has 26 heavy (non-hydrogen) atoms. The molecule has 7 nitrogen and oxygen atoms in total. The minimum atomic E-state index is -0.130. The molecule has 1 aliphatic rings. The molecule has 0 unspecified atom stereocenters. The van der Waals surface area contributed by atoms with E-state index in [1.807, 2.05) is 6.07 Å². The van der Waals surface area contributed by atoms with Crippen molar-refractivity contribution in [1.29, 1.82) is 0 Å². The van der Waals surface area contributed by atoms with Crippen LogP contribution in [0.2, 0.25) is 0 Å². The van der Waals surface area contributed by atoms with Crippen LogP contribution in [0.1, 0.15) is 23.4 Å². The van der Waals surface area contributed by atoms with Gasteiger partial charge in [0.15, 0.2) is 11.5 Å². The van der Waals surface area contributed by atoms with Crippen molar-refractivity contribution in [2.24, 2.45) is 5.92 Å². The number of furan rings is 2. The molecule has 0 saturated carbocycles. The quantitative estimate of drug-likeness (QED) is 0.720. The van der Waals surface area contributed by atoms with E-state index in [0.717, 1.165) is 12.8 Å². The summed E-state index contributed by atoms with van der Waals surface area (Å²) < 4.78 is 12.0. The summed E-state index contributed by atoms with van der Waals surface area (Å²) in [6.07, 6.45) is 4.74. The lowest BCUT2D eigenvalue weighted by molar-refractivity contribution is 0.0648. The Morgan fingerprint density at radius 3 is 2.54 bits per heavy atom. The molecule has 0 atom stereocenters. The first-order valence-electron chi connectivity index (χ1n) is 8.65. The molecule has 4 heterocycles. The van der Waals surface area contributed by atoms with Crippen LogP contribution >= 0.6 is 0 Å². The van der Waals surface area contributed by atoms with E-state index in [0.29, 0.717) is 42.8 Å². The van der Waals surface area contributed by atoms with Crippen molar-refractivity contribution in [2.75, 3.05) is 13.1 Å². The van der Waals surface area contributed by atoms with Crippen LogP contribution in [-0.4, -0.2) is 33.7 Å². The van der Waals surface area contributed by atoms with Crippen molar-refractivity contribution in [3.63, 3.8) is 0 Å². The maximum Gasteiger partial charge on any atom is 0.289 e. The lowest BCUT2D eigenvalue weighted by atomic mass is 9.96. The van der Waals surface area contributed by atoms with E-state index in [9.17, 15) is 9.59 Å². The highest BCUT2D eigenvalue weighted by atomic mass is 16.3. The summed E-state index contributed by atoms with van der Waals surface area (Å²) >= 11 is 0. The third kappa shape index (κ3) is 3.33. The summed E-state index contributed by atoms with van der Waals surface area (Å²) in [4.78, 5) is 26.2. The maximum atomic E-state index is 12.3. The smallest absolute Gasteiger partial charge is 0.289 e. The third-order valence-electron chi connectivity index (χ3n) is 4.71. The fraction of sp³-hybridized carbons (Fsp3) is 0.316. The molecule has 0 aliphatic carbocycles. The fourth-order valence-electron chi connectivity index (χ4n) is 3.25. The van der Waals surface area contributed by atoms with Crippen molar-refractivity contribution >= 4 is 5.91 Å². The molecule has 3 aromatic heterocycles. The topological polar surface area (TPSA) is 81.5 Å². The van der Waals surface area contributed by atoms with Crippen LogP contribution in [0.25, 0.3) is 11.5 Å². The molecule has 1 aliphatic heterocycles. The second-order valence-electron chi connectivity index (χ2n) is 6.43. The molecule has 0 spiro atoms. The number of hydrogen-bond acceptors (Lipinski definition) is 5. The zero-order valence-corrected chi connectivity index (χ0v) is 14.2. The molecule has 1 amide bonds. The van der Waals surface area contributed by atoms with Crippen molar-refractivity contribution in [2.45, 2.75) is 19.4 Å². The van der Waals surface area contributed by atoms with Crippen LogP contribution in [0.5, 0.6) is 0 Å². The third-order valence-corrected chi connectivity index (χ3v) is 4.71. The number of piperidine rings is 1. The van der Waals surface area contributed by atoms with Gasteiger partial charge in [-0.1, -0.05) is 0 Å². The van der Waals surface area contributed by atoms with Gasteiger partial charge in [0.05, 0.1) is 12.5 Å². The first-order chi connectivity index (χ1) is 12.7. The molecule has 0 N–H and O–H groups in total. The largest absolute Gasteiger partial charge is 0.463 e. The van der Waals surface area contributed by atoms with Gasteiger partial charge in [-0.25, -0.2) is 4.68 Å². The van der Waals surface area contributed by atoms with Crippen LogP contribution in [0, 0.1) is 5.92 Å². The summed E-state index contributed by atoms with van der Waals surface area (Å²) in [6, 6.07) is 10.2. The number of amides is 1. The van der Waals surface area contributed by atoms with Crippen LogP contribution in [0.15, 0.2) is 62.6 Å². The second-order valence-corrected chi connectivity index (χ2v) is 6.43. The summed E-state index contributed by atoms with van der Waals surface area (Å²) in [5, 5.41) is 4.42. The summed E-state index contributed by atoms with van der Waals surface area (Å²) in [7, 11) is 0. The van der Waals surface area contributed by atoms with Crippen molar-refractivity contribution < 1.29 is 13.6 Å². The highest BCUT2D eigenvalue weighted by Crippen LogP contribution is 2.21. The monoisotopic (exact) mass is 353 g/mol. The number of nitrogens with zero attached hydrogens (tertiary/aromatic N) is 3. The average Bonchev–Trinajstić information content (AvgIpc) is 3.38. The number of hydrogen-bond donors (Lipinski definition) is 0. The predicted octanol–water partition coefficient (Wildman–Crippen LogP) is 2.65. The van der Waals surface area contributed by atoms with Crippen molar-refractivity contribution in [3.05, 3.63) is 65.0 Å². The number of rotatable bonds is 4. The molecule has 0 radical (unpaired) electrons. The highest BCUT2D eigenvalue weighted by molar-refractivity contribution is 5.91. The Balaban J connectivity index is 1.41. The van der Waals surface area contributed by atoms with Crippen LogP contribution in [0.4, 0.5) is 0 Å². The van der Waals surface area contributed by atoms with Gasteiger partial charge in [-0.15, -0.1) is 0 Å². The number of aromatic nitrogens is 2. The molecule has 1 saturated heterocycles. The van der Waals surface area contributed by atoms with E-state index in [-0.39, 0.29) is 11.5 Å². The Morgan fingerprint density at radius 2 is 1.85 bits per heavy atom. The minimum absolute atomic E-state index is 0.0800. The fourth-order valence-corrected chi connectivity index (χ4v) is 3.25. The minimum Gasteiger partial charge on any atom is -0.463 e. The number of carbonyl (C=O) groups excluding carboxylic acids is 1. The summed E-state index contributed by atoms with van der Waals surface area (Å²) in [5.41, 5.74) is 0.509. The molecule has 3 aromatic rings. The van der Waals surface area contributed by atoms with E-state index in [2.05, 4.69) is 5.10 Å². The Kier molecular flexibility index (Phi) is 4.43. The lowest BCUT2D eigenvalue weighted by Crippen LogP contribution is -2.40.